The molecule has 40 heavy (non-hydrogen) atoms. The van der Waals surface area contributed by atoms with Gasteiger partial charge in [0.1, 0.15) is 33.9 Å². The van der Waals surface area contributed by atoms with E-state index in [2.05, 4.69) is 40.8 Å². The van der Waals surface area contributed by atoms with Crippen LogP contribution in [0.4, 0.5) is 4.39 Å². The first kappa shape index (κ1) is 26.2. The lowest BCUT2D eigenvalue weighted by atomic mass is 9.88. The van der Waals surface area contributed by atoms with Crippen molar-refractivity contribution in [2.24, 2.45) is 5.92 Å². The Morgan fingerprint density at radius 2 is 1.88 bits per heavy atom. The van der Waals surface area contributed by atoms with Crippen LogP contribution in [0.25, 0.3) is 33.4 Å². The minimum Gasteiger partial charge on any atom is -0.348 e. The van der Waals surface area contributed by atoms with Gasteiger partial charge in [-0.25, -0.2) is 24.3 Å². The summed E-state index contributed by atoms with van der Waals surface area (Å²) in [6.07, 6.45) is 6.34. The van der Waals surface area contributed by atoms with E-state index in [-0.39, 0.29) is 36.9 Å². The van der Waals surface area contributed by atoms with Crippen LogP contribution in [0, 0.1) is 12.8 Å². The lowest BCUT2D eigenvalue weighted by molar-refractivity contribution is -0.122. The SMILES string of the molecule is CC(=O)n1cc(CC(=O)C2C[C@H](F)C[C@H]2c2nc(-c3cccc(Br)n3)c[nH]2)c2ccc(-c3cnc(C)nc3)cc21. The maximum atomic E-state index is 14.7. The van der Waals surface area contributed by atoms with Gasteiger partial charge in [-0.15, -0.1) is 0 Å². The predicted molar refractivity (Wildman–Crippen MR) is 153 cm³/mol. The van der Waals surface area contributed by atoms with E-state index in [1.165, 1.54) is 6.92 Å². The zero-order valence-electron chi connectivity index (χ0n) is 21.9. The number of hydrogen-bond donors (Lipinski definition) is 1. The van der Waals surface area contributed by atoms with Gasteiger partial charge in [0.25, 0.3) is 0 Å². The number of hydrogen-bond acceptors (Lipinski definition) is 6. The van der Waals surface area contributed by atoms with Crippen molar-refractivity contribution in [1.82, 2.24) is 29.5 Å². The van der Waals surface area contributed by atoms with Crippen LogP contribution in [0.2, 0.25) is 0 Å². The van der Waals surface area contributed by atoms with E-state index in [1.54, 1.807) is 29.4 Å². The molecule has 0 radical (unpaired) electrons. The zero-order valence-corrected chi connectivity index (χ0v) is 23.5. The average molecular weight is 601 g/mol. The number of aromatic nitrogens is 6. The third-order valence-electron chi connectivity index (χ3n) is 7.55. The van der Waals surface area contributed by atoms with E-state index in [1.807, 2.05) is 43.3 Å². The van der Waals surface area contributed by atoms with E-state index < -0.39 is 12.1 Å². The minimum atomic E-state index is -1.09. The third-order valence-corrected chi connectivity index (χ3v) is 7.99. The number of Topliss-reactive ketones (excluding diaryl/α,β-unsaturated/α-hetero) is 1. The highest BCUT2D eigenvalue weighted by Gasteiger charge is 2.41. The predicted octanol–water partition coefficient (Wildman–Crippen LogP) is 6.26. The molecule has 0 amide bonds. The van der Waals surface area contributed by atoms with Gasteiger partial charge < -0.3 is 4.98 Å². The summed E-state index contributed by atoms with van der Waals surface area (Å²) in [5, 5.41) is 0.813. The molecule has 1 aliphatic rings. The molecule has 1 aliphatic carbocycles. The number of pyridine rings is 1. The number of nitrogens with zero attached hydrogens (tertiary/aromatic N) is 5. The van der Waals surface area contributed by atoms with Crippen molar-refractivity contribution >= 4 is 38.5 Å². The molecular formula is C30H26BrFN6O2. The second-order valence-electron chi connectivity index (χ2n) is 10.2. The maximum absolute atomic E-state index is 14.7. The van der Waals surface area contributed by atoms with Crippen molar-refractivity contribution < 1.29 is 14.0 Å². The van der Waals surface area contributed by atoms with Crippen LogP contribution >= 0.6 is 15.9 Å². The molecular weight excluding hydrogens is 575 g/mol. The summed E-state index contributed by atoms with van der Waals surface area (Å²) in [5.41, 5.74) is 4.47. The van der Waals surface area contributed by atoms with Crippen LogP contribution in [-0.4, -0.2) is 47.3 Å². The van der Waals surface area contributed by atoms with Gasteiger partial charge in [0.05, 0.1) is 11.2 Å². The number of nitrogens with one attached hydrogen (secondary N) is 1. The van der Waals surface area contributed by atoms with Gasteiger partial charge in [0.15, 0.2) is 0 Å². The maximum Gasteiger partial charge on any atom is 0.227 e. The molecule has 8 nitrogen and oxygen atoms in total. The van der Waals surface area contributed by atoms with E-state index in [4.69, 9.17) is 0 Å². The van der Waals surface area contributed by atoms with Gasteiger partial charge in [-0.2, -0.15) is 0 Å². The summed E-state index contributed by atoms with van der Waals surface area (Å²) in [5.74, 6) is 0.150. The summed E-state index contributed by atoms with van der Waals surface area (Å²) < 4.78 is 17.0. The highest BCUT2D eigenvalue weighted by Crippen LogP contribution is 2.42. The first-order chi connectivity index (χ1) is 19.3. The molecule has 1 unspecified atom stereocenters. The summed E-state index contributed by atoms with van der Waals surface area (Å²) in [4.78, 5) is 47.0. The van der Waals surface area contributed by atoms with Crippen LogP contribution in [0.1, 0.15) is 47.7 Å². The highest BCUT2D eigenvalue weighted by molar-refractivity contribution is 9.10. The van der Waals surface area contributed by atoms with Crippen LogP contribution in [0.15, 0.2) is 65.8 Å². The summed E-state index contributed by atoms with van der Waals surface area (Å²) in [6, 6.07) is 11.3. The van der Waals surface area contributed by atoms with Gasteiger partial charge in [-0.3, -0.25) is 14.2 Å². The fourth-order valence-corrected chi connectivity index (χ4v) is 5.93. The van der Waals surface area contributed by atoms with Crippen molar-refractivity contribution in [3.05, 3.63) is 83.0 Å². The van der Waals surface area contributed by atoms with Crippen molar-refractivity contribution in [2.75, 3.05) is 0 Å². The van der Waals surface area contributed by atoms with Crippen molar-refractivity contribution in [3.63, 3.8) is 0 Å². The Balaban J connectivity index is 1.29. The van der Waals surface area contributed by atoms with Gasteiger partial charge in [-0.05, 0) is 65.0 Å². The molecule has 4 heterocycles. The van der Waals surface area contributed by atoms with E-state index >= 15 is 0 Å². The molecule has 0 saturated heterocycles. The fourth-order valence-electron chi connectivity index (χ4n) is 5.58. The number of imidazole rings is 1. The molecule has 0 aliphatic heterocycles. The smallest absolute Gasteiger partial charge is 0.227 e. The molecule has 1 N–H and O–H groups in total. The molecule has 1 aromatic carbocycles. The topological polar surface area (TPSA) is 106 Å². The van der Waals surface area contributed by atoms with Crippen LogP contribution in [0.3, 0.4) is 0 Å². The van der Waals surface area contributed by atoms with Gasteiger partial charge in [0.2, 0.25) is 5.91 Å². The normalized spacial score (nSPS) is 18.9. The average Bonchev–Trinajstić information content (AvgIpc) is 3.66. The Morgan fingerprint density at radius 3 is 2.62 bits per heavy atom. The molecule has 0 bridgehead atoms. The number of benzene rings is 1. The number of alkyl halides is 1. The monoisotopic (exact) mass is 600 g/mol. The summed E-state index contributed by atoms with van der Waals surface area (Å²) >= 11 is 3.37. The first-order valence-corrected chi connectivity index (χ1v) is 13.8. The number of aromatic amines is 1. The second kappa shape index (κ2) is 10.5. The van der Waals surface area contributed by atoms with Crippen LogP contribution in [0.5, 0.6) is 0 Å². The van der Waals surface area contributed by atoms with Gasteiger partial charge >= 0.3 is 0 Å². The van der Waals surface area contributed by atoms with Crippen molar-refractivity contribution in [1.29, 1.82) is 0 Å². The van der Waals surface area contributed by atoms with Crippen LogP contribution < -0.4 is 0 Å². The Bertz CT molecular complexity index is 1750. The standard InChI is InChI=1S/C30H26BrFN6O2/c1-16-33-12-20(13-34-16)18-6-7-22-19(15-38(17(2)39)27(22)8-18)9-28(40)23-10-21(32)11-24(23)30-35-14-26(37-30)25-4-3-5-29(31)36-25/h3-8,12-15,21,23-24H,9-11H2,1-2H3,(H,35,37)/t21-,23?,24+/m0/s1. The number of carbonyl (C=O) groups is 2. The van der Waals surface area contributed by atoms with Crippen molar-refractivity contribution in [2.45, 2.75) is 45.2 Å². The lowest BCUT2D eigenvalue weighted by Crippen LogP contribution is -2.20. The van der Waals surface area contributed by atoms with E-state index in [9.17, 15) is 14.0 Å². The molecule has 10 heteroatoms. The Kier molecular flexibility index (Phi) is 6.87. The van der Waals surface area contributed by atoms with E-state index in [0.29, 0.717) is 33.2 Å². The highest BCUT2D eigenvalue weighted by atomic mass is 79.9. The molecule has 6 rings (SSSR count). The Hall–Kier alpha value is -4.05. The number of fused-ring (bicyclic) bond motifs is 1. The van der Waals surface area contributed by atoms with Gasteiger partial charge in [-0.1, -0.05) is 18.2 Å². The minimum absolute atomic E-state index is 0.0673. The lowest BCUT2D eigenvalue weighted by Gasteiger charge is -2.16. The second-order valence-corrected chi connectivity index (χ2v) is 11.0. The molecule has 0 spiro atoms. The number of halogens is 2. The van der Waals surface area contributed by atoms with E-state index in [0.717, 1.165) is 22.1 Å². The molecule has 5 aromatic rings. The Labute approximate surface area is 238 Å². The number of rotatable bonds is 6. The fraction of sp³-hybridized carbons (Fsp3) is 0.267. The first-order valence-electron chi connectivity index (χ1n) is 13.1. The largest absolute Gasteiger partial charge is 0.348 e. The molecule has 202 valence electrons. The number of carbonyl (C=O) groups excluding carboxylic acids is 2. The Morgan fingerprint density at radius 1 is 1.07 bits per heavy atom. The molecule has 1 saturated carbocycles. The molecule has 1 fully saturated rings. The van der Waals surface area contributed by atoms with Crippen molar-refractivity contribution in [3.8, 4) is 22.5 Å². The zero-order chi connectivity index (χ0) is 28.0. The summed E-state index contributed by atoms with van der Waals surface area (Å²) in [7, 11) is 0. The van der Waals surface area contributed by atoms with Gasteiger partial charge in [0, 0.05) is 60.9 Å². The number of H-pyrrole nitrogens is 1. The molecule has 3 atom stereocenters. The quantitative estimate of drug-likeness (QED) is 0.231. The third kappa shape index (κ3) is 4.99. The molecule has 4 aromatic heterocycles. The summed E-state index contributed by atoms with van der Waals surface area (Å²) in [6.45, 7) is 3.31. The van der Waals surface area contributed by atoms with Crippen LogP contribution in [-0.2, 0) is 11.2 Å². The number of aryl methyl sites for hydroxylation is 1. The number of ketones is 1.